The lowest BCUT2D eigenvalue weighted by molar-refractivity contribution is -0.123. The fraction of sp³-hybridized carbons (Fsp3) is 0.600. The summed E-state index contributed by atoms with van der Waals surface area (Å²) in [5, 5.41) is 0.858. The van der Waals surface area contributed by atoms with Gasteiger partial charge in [0.25, 0.3) is 0 Å². The van der Waals surface area contributed by atoms with Gasteiger partial charge in [-0.15, -0.1) is 0 Å². The van der Waals surface area contributed by atoms with Crippen molar-refractivity contribution in [2.75, 3.05) is 5.75 Å². The van der Waals surface area contributed by atoms with E-state index in [-0.39, 0.29) is 5.92 Å². The third-order valence-corrected chi connectivity index (χ3v) is 4.26. The van der Waals surface area contributed by atoms with Gasteiger partial charge in [0.05, 0.1) is 0 Å². The standard InChI is InChI=1S/C10H16N4OS/c1-14-5-4-13-9(14)16-6-10(12,8(11)15)7-2-3-7/h4-5,7H,2-3,6,12H2,1H3,(H2,11,15). The highest BCUT2D eigenvalue weighted by Gasteiger charge is 2.46. The Balaban J connectivity index is 2.02. The minimum absolute atomic E-state index is 0.248. The first kappa shape index (κ1) is 11.5. The van der Waals surface area contributed by atoms with E-state index in [2.05, 4.69) is 4.98 Å². The number of hydrogen-bond acceptors (Lipinski definition) is 4. The summed E-state index contributed by atoms with van der Waals surface area (Å²) in [6, 6.07) is 0. The zero-order valence-electron chi connectivity index (χ0n) is 9.22. The smallest absolute Gasteiger partial charge is 0.238 e. The number of primary amides is 1. The molecule has 1 aromatic heterocycles. The summed E-state index contributed by atoms with van der Waals surface area (Å²) < 4.78 is 1.90. The van der Waals surface area contributed by atoms with Gasteiger partial charge in [0, 0.05) is 25.2 Å². The summed E-state index contributed by atoms with van der Waals surface area (Å²) in [6.07, 6.45) is 5.59. The van der Waals surface area contributed by atoms with Gasteiger partial charge in [-0.2, -0.15) is 0 Å². The topological polar surface area (TPSA) is 86.9 Å². The van der Waals surface area contributed by atoms with Crippen molar-refractivity contribution in [3.8, 4) is 0 Å². The van der Waals surface area contributed by atoms with Crippen molar-refractivity contribution < 1.29 is 4.79 Å². The van der Waals surface area contributed by atoms with Crippen LogP contribution >= 0.6 is 11.8 Å². The second-order valence-corrected chi connectivity index (χ2v) is 5.23. The summed E-state index contributed by atoms with van der Waals surface area (Å²) in [7, 11) is 1.91. The molecule has 0 radical (unpaired) electrons. The predicted molar refractivity (Wildman–Crippen MR) is 62.8 cm³/mol. The monoisotopic (exact) mass is 240 g/mol. The highest BCUT2D eigenvalue weighted by atomic mass is 32.2. The van der Waals surface area contributed by atoms with E-state index >= 15 is 0 Å². The van der Waals surface area contributed by atoms with Crippen LogP contribution in [-0.2, 0) is 11.8 Å². The minimum Gasteiger partial charge on any atom is -0.368 e. The molecule has 6 heteroatoms. The molecule has 0 aliphatic heterocycles. The molecule has 1 aliphatic carbocycles. The molecule has 0 bridgehead atoms. The Morgan fingerprint density at radius 2 is 2.44 bits per heavy atom. The van der Waals surface area contributed by atoms with Crippen LogP contribution in [0.2, 0.25) is 0 Å². The maximum absolute atomic E-state index is 11.4. The first-order valence-corrected chi connectivity index (χ1v) is 6.21. The number of aryl methyl sites for hydroxylation is 1. The molecule has 1 aliphatic rings. The number of imidazole rings is 1. The van der Waals surface area contributed by atoms with Gasteiger partial charge in [0.15, 0.2) is 5.16 Å². The Labute approximate surface area is 98.6 Å². The summed E-state index contributed by atoms with van der Waals surface area (Å²) in [5.74, 6) is 0.340. The average Bonchev–Trinajstić information content (AvgIpc) is 3.00. The number of hydrogen-bond donors (Lipinski definition) is 2. The van der Waals surface area contributed by atoms with Crippen LogP contribution in [-0.4, -0.2) is 26.8 Å². The normalized spacial score (nSPS) is 19.4. The first-order chi connectivity index (χ1) is 7.54. The first-order valence-electron chi connectivity index (χ1n) is 5.23. The number of amides is 1. The number of thioether (sulfide) groups is 1. The van der Waals surface area contributed by atoms with Crippen molar-refractivity contribution >= 4 is 17.7 Å². The van der Waals surface area contributed by atoms with Gasteiger partial charge in [0.2, 0.25) is 5.91 Å². The zero-order chi connectivity index (χ0) is 11.8. The third kappa shape index (κ3) is 2.08. The number of nitrogens with zero attached hydrogens (tertiary/aromatic N) is 2. The Morgan fingerprint density at radius 3 is 2.88 bits per heavy atom. The van der Waals surface area contributed by atoms with E-state index in [1.807, 2.05) is 17.8 Å². The molecule has 16 heavy (non-hydrogen) atoms. The van der Waals surface area contributed by atoms with Crippen LogP contribution in [0.5, 0.6) is 0 Å². The largest absolute Gasteiger partial charge is 0.368 e. The fourth-order valence-corrected chi connectivity index (χ4v) is 2.81. The van der Waals surface area contributed by atoms with E-state index in [0.29, 0.717) is 5.75 Å². The van der Waals surface area contributed by atoms with Crippen LogP contribution in [0.1, 0.15) is 12.8 Å². The van der Waals surface area contributed by atoms with Crippen molar-refractivity contribution in [3.63, 3.8) is 0 Å². The molecule has 88 valence electrons. The highest BCUT2D eigenvalue weighted by Crippen LogP contribution is 2.40. The molecular weight excluding hydrogens is 224 g/mol. The third-order valence-electron chi connectivity index (χ3n) is 2.98. The van der Waals surface area contributed by atoms with Crippen LogP contribution in [0.3, 0.4) is 0 Å². The van der Waals surface area contributed by atoms with E-state index < -0.39 is 11.4 Å². The maximum atomic E-state index is 11.4. The lowest BCUT2D eigenvalue weighted by Crippen LogP contribution is -2.56. The van der Waals surface area contributed by atoms with Gasteiger partial charge in [0.1, 0.15) is 5.54 Å². The summed E-state index contributed by atoms with van der Waals surface area (Å²) >= 11 is 1.48. The molecule has 0 saturated heterocycles. The molecule has 2 rings (SSSR count). The van der Waals surface area contributed by atoms with E-state index in [0.717, 1.165) is 18.0 Å². The lowest BCUT2D eigenvalue weighted by atomic mass is 9.96. The van der Waals surface area contributed by atoms with Crippen LogP contribution in [0.15, 0.2) is 17.6 Å². The summed E-state index contributed by atoms with van der Waals surface area (Å²) in [6.45, 7) is 0. The van der Waals surface area contributed by atoms with E-state index in [1.54, 1.807) is 6.20 Å². The second-order valence-electron chi connectivity index (χ2n) is 4.29. The molecule has 1 saturated carbocycles. The van der Waals surface area contributed by atoms with Crippen molar-refractivity contribution in [3.05, 3.63) is 12.4 Å². The van der Waals surface area contributed by atoms with Crippen LogP contribution in [0, 0.1) is 5.92 Å². The summed E-state index contributed by atoms with van der Waals surface area (Å²) in [4.78, 5) is 15.6. The van der Waals surface area contributed by atoms with E-state index in [4.69, 9.17) is 11.5 Å². The quantitative estimate of drug-likeness (QED) is 0.715. The highest BCUT2D eigenvalue weighted by molar-refractivity contribution is 7.99. The number of aromatic nitrogens is 2. The Hall–Kier alpha value is -1.01. The predicted octanol–water partition coefficient (Wildman–Crippen LogP) is 0.105. The molecule has 4 N–H and O–H groups in total. The van der Waals surface area contributed by atoms with Crippen molar-refractivity contribution in [2.45, 2.75) is 23.5 Å². The SMILES string of the molecule is Cn1ccnc1SCC(N)(C(N)=O)C1CC1. The summed E-state index contributed by atoms with van der Waals surface area (Å²) in [5.41, 5.74) is 10.6. The molecule has 1 atom stereocenters. The molecule has 0 spiro atoms. The number of carbonyl (C=O) groups is 1. The van der Waals surface area contributed by atoms with Gasteiger partial charge in [-0.05, 0) is 18.8 Å². The maximum Gasteiger partial charge on any atom is 0.238 e. The van der Waals surface area contributed by atoms with Crippen molar-refractivity contribution in [1.82, 2.24) is 9.55 Å². The van der Waals surface area contributed by atoms with E-state index in [9.17, 15) is 4.79 Å². The second kappa shape index (κ2) is 4.10. The van der Waals surface area contributed by atoms with Crippen LogP contribution in [0.25, 0.3) is 0 Å². The van der Waals surface area contributed by atoms with Gasteiger partial charge in [-0.25, -0.2) is 4.98 Å². The van der Waals surface area contributed by atoms with Crippen LogP contribution < -0.4 is 11.5 Å². The zero-order valence-corrected chi connectivity index (χ0v) is 10.0. The van der Waals surface area contributed by atoms with Gasteiger partial charge < -0.3 is 16.0 Å². The number of rotatable bonds is 5. The van der Waals surface area contributed by atoms with Crippen molar-refractivity contribution in [2.24, 2.45) is 24.4 Å². The molecule has 1 amide bonds. The molecule has 1 heterocycles. The Morgan fingerprint density at radius 1 is 1.75 bits per heavy atom. The molecule has 1 aromatic rings. The molecular formula is C10H16N4OS. The Bertz CT molecular complexity index is 401. The Kier molecular flexibility index (Phi) is 2.94. The number of nitrogens with two attached hydrogens (primary N) is 2. The van der Waals surface area contributed by atoms with Gasteiger partial charge >= 0.3 is 0 Å². The van der Waals surface area contributed by atoms with Crippen molar-refractivity contribution in [1.29, 1.82) is 0 Å². The van der Waals surface area contributed by atoms with Gasteiger partial charge in [-0.3, -0.25) is 4.79 Å². The number of carbonyl (C=O) groups excluding carboxylic acids is 1. The van der Waals surface area contributed by atoms with Gasteiger partial charge in [-0.1, -0.05) is 11.8 Å². The molecule has 1 fully saturated rings. The molecule has 1 unspecified atom stereocenters. The van der Waals surface area contributed by atoms with Crippen LogP contribution in [0.4, 0.5) is 0 Å². The molecule has 5 nitrogen and oxygen atoms in total. The fourth-order valence-electron chi connectivity index (χ4n) is 1.66. The lowest BCUT2D eigenvalue weighted by Gasteiger charge is -2.24. The van der Waals surface area contributed by atoms with E-state index in [1.165, 1.54) is 11.8 Å². The molecule has 0 aromatic carbocycles. The average molecular weight is 240 g/mol. The minimum atomic E-state index is -0.878.